The monoisotopic (exact) mass is 369 g/mol. The third-order valence-electron chi connectivity index (χ3n) is 6.37. The van der Waals surface area contributed by atoms with Crippen LogP contribution in [0.2, 0.25) is 0 Å². The zero-order valence-corrected chi connectivity index (χ0v) is 16.9. The number of ether oxygens (including phenoxy) is 1. The standard InChI is InChI=1S/C23H31NO3/c1-14-6-5-7-15(2)20(14)21-18(22(27-24-21)16-8-9-16)13-26-17-10-11-19(25)23(3,4)12-17/h5-7,16-17,19,25H,8-13H2,1-4H3. The Morgan fingerprint density at radius 3 is 2.48 bits per heavy atom. The Labute approximate surface area is 161 Å². The van der Waals surface area contributed by atoms with Crippen LogP contribution in [0, 0.1) is 19.3 Å². The van der Waals surface area contributed by atoms with Gasteiger partial charge in [0.2, 0.25) is 0 Å². The molecular formula is C23H31NO3. The Morgan fingerprint density at radius 1 is 1.15 bits per heavy atom. The fraction of sp³-hybridized carbons (Fsp3) is 0.609. The molecule has 1 heterocycles. The maximum absolute atomic E-state index is 10.2. The number of rotatable bonds is 5. The molecule has 4 heteroatoms. The molecule has 4 rings (SSSR count). The number of aryl methyl sites for hydroxylation is 2. The van der Waals surface area contributed by atoms with Gasteiger partial charge in [0.25, 0.3) is 0 Å². The fourth-order valence-corrected chi connectivity index (χ4v) is 4.41. The number of aromatic nitrogens is 1. The first kappa shape index (κ1) is 18.7. The van der Waals surface area contributed by atoms with Gasteiger partial charge in [-0.15, -0.1) is 0 Å². The van der Waals surface area contributed by atoms with Crippen molar-refractivity contribution in [3.8, 4) is 11.3 Å². The van der Waals surface area contributed by atoms with Gasteiger partial charge in [0.15, 0.2) is 0 Å². The molecule has 2 unspecified atom stereocenters. The van der Waals surface area contributed by atoms with Gasteiger partial charge in [0, 0.05) is 17.0 Å². The molecule has 2 aromatic rings. The Hall–Kier alpha value is -1.65. The van der Waals surface area contributed by atoms with Crippen molar-refractivity contribution < 1.29 is 14.4 Å². The highest BCUT2D eigenvalue weighted by Crippen LogP contribution is 2.45. The molecule has 2 atom stereocenters. The number of aliphatic hydroxyl groups excluding tert-OH is 1. The van der Waals surface area contributed by atoms with Gasteiger partial charge in [0.05, 0.1) is 18.8 Å². The predicted octanol–water partition coefficient (Wildman–Crippen LogP) is 5.29. The molecule has 2 saturated carbocycles. The molecule has 0 spiro atoms. The molecule has 0 amide bonds. The summed E-state index contributed by atoms with van der Waals surface area (Å²) >= 11 is 0. The van der Waals surface area contributed by atoms with Crippen molar-refractivity contribution in [1.82, 2.24) is 5.16 Å². The van der Waals surface area contributed by atoms with Crippen LogP contribution in [0.5, 0.6) is 0 Å². The highest BCUT2D eigenvalue weighted by Gasteiger charge is 2.37. The smallest absolute Gasteiger partial charge is 0.145 e. The molecule has 2 aliphatic carbocycles. The average molecular weight is 370 g/mol. The Balaban J connectivity index is 1.60. The number of nitrogens with zero attached hydrogens (tertiary/aromatic N) is 1. The van der Waals surface area contributed by atoms with Crippen LogP contribution in [0.4, 0.5) is 0 Å². The van der Waals surface area contributed by atoms with Gasteiger partial charge >= 0.3 is 0 Å². The van der Waals surface area contributed by atoms with Crippen LogP contribution in [-0.4, -0.2) is 22.5 Å². The third-order valence-corrected chi connectivity index (χ3v) is 6.37. The van der Waals surface area contributed by atoms with Gasteiger partial charge in [-0.2, -0.15) is 0 Å². The van der Waals surface area contributed by atoms with E-state index in [4.69, 9.17) is 9.26 Å². The number of aliphatic hydroxyl groups is 1. The van der Waals surface area contributed by atoms with Crippen molar-refractivity contribution in [1.29, 1.82) is 0 Å². The molecule has 0 aliphatic heterocycles. The zero-order valence-electron chi connectivity index (χ0n) is 16.9. The average Bonchev–Trinajstić information content (AvgIpc) is 3.37. The maximum Gasteiger partial charge on any atom is 0.145 e. The van der Waals surface area contributed by atoms with Crippen LogP contribution in [-0.2, 0) is 11.3 Å². The van der Waals surface area contributed by atoms with E-state index in [1.807, 2.05) is 0 Å². The van der Waals surface area contributed by atoms with Gasteiger partial charge in [-0.1, -0.05) is 37.2 Å². The lowest BCUT2D eigenvalue weighted by atomic mass is 9.74. The van der Waals surface area contributed by atoms with E-state index in [2.05, 4.69) is 51.1 Å². The van der Waals surface area contributed by atoms with Crippen LogP contribution in [0.15, 0.2) is 22.7 Å². The lowest BCUT2D eigenvalue weighted by Gasteiger charge is -2.39. The molecule has 4 nitrogen and oxygen atoms in total. The van der Waals surface area contributed by atoms with E-state index in [-0.39, 0.29) is 17.6 Å². The topological polar surface area (TPSA) is 55.5 Å². The van der Waals surface area contributed by atoms with Gasteiger partial charge in [-0.05, 0) is 62.5 Å². The molecule has 1 aromatic heterocycles. The fourth-order valence-electron chi connectivity index (χ4n) is 4.41. The van der Waals surface area contributed by atoms with Crippen molar-refractivity contribution in [2.75, 3.05) is 0 Å². The summed E-state index contributed by atoms with van der Waals surface area (Å²) in [7, 11) is 0. The lowest BCUT2D eigenvalue weighted by molar-refractivity contribution is -0.0727. The molecule has 0 bridgehead atoms. The summed E-state index contributed by atoms with van der Waals surface area (Å²) in [6.07, 6.45) is 4.90. The van der Waals surface area contributed by atoms with Crippen molar-refractivity contribution in [3.05, 3.63) is 40.6 Å². The minimum Gasteiger partial charge on any atom is -0.393 e. The summed E-state index contributed by atoms with van der Waals surface area (Å²) in [5.74, 6) is 1.52. The SMILES string of the molecule is Cc1cccc(C)c1-c1noc(C2CC2)c1COC1CCC(O)C(C)(C)C1. The largest absolute Gasteiger partial charge is 0.393 e. The summed E-state index contributed by atoms with van der Waals surface area (Å²) in [4.78, 5) is 0. The second-order valence-electron chi connectivity index (χ2n) is 9.13. The second kappa shape index (κ2) is 7.06. The highest BCUT2D eigenvalue weighted by atomic mass is 16.5. The van der Waals surface area contributed by atoms with E-state index in [9.17, 15) is 5.11 Å². The summed E-state index contributed by atoms with van der Waals surface area (Å²) < 4.78 is 12.2. The van der Waals surface area contributed by atoms with Crippen LogP contribution in [0.1, 0.15) is 74.3 Å². The van der Waals surface area contributed by atoms with Gasteiger partial charge in [0.1, 0.15) is 11.5 Å². The summed E-state index contributed by atoms with van der Waals surface area (Å²) in [6, 6.07) is 6.34. The van der Waals surface area contributed by atoms with E-state index >= 15 is 0 Å². The molecule has 27 heavy (non-hydrogen) atoms. The summed E-state index contributed by atoms with van der Waals surface area (Å²) in [6.45, 7) is 9.05. The van der Waals surface area contributed by atoms with E-state index < -0.39 is 0 Å². The Kier molecular flexibility index (Phi) is 4.89. The first-order valence-corrected chi connectivity index (χ1v) is 10.2. The molecule has 2 fully saturated rings. The van der Waals surface area contributed by atoms with Crippen molar-refractivity contribution in [2.45, 2.75) is 84.5 Å². The van der Waals surface area contributed by atoms with Crippen LogP contribution in [0.3, 0.4) is 0 Å². The van der Waals surface area contributed by atoms with E-state index in [1.54, 1.807) is 0 Å². The first-order chi connectivity index (χ1) is 12.9. The number of benzene rings is 1. The minimum atomic E-state index is -0.236. The first-order valence-electron chi connectivity index (χ1n) is 10.2. The van der Waals surface area contributed by atoms with Crippen LogP contribution in [0.25, 0.3) is 11.3 Å². The summed E-state index contributed by atoms with van der Waals surface area (Å²) in [5, 5.41) is 14.7. The third kappa shape index (κ3) is 3.70. The Bertz CT molecular complexity index is 799. The van der Waals surface area contributed by atoms with Crippen molar-refractivity contribution in [3.63, 3.8) is 0 Å². The zero-order chi connectivity index (χ0) is 19.2. The predicted molar refractivity (Wildman–Crippen MR) is 106 cm³/mol. The van der Waals surface area contributed by atoms with Gasteiger partial charge in [-0.25, -0.2) is 0 Å². The molecule has 0 saturated heterocycles. The molecule has 0 radical (unpaired) electrons. The highest BCUT2D eigenvalue weighted by molar-refractivity contribution is 5.70. The number of hydrogen-bond acceptors (Lipinski definition) is 4. The maximum atomic E-state index is 10.2. The van der Waals surface area contributed by atoms with Gasteiger partial charge in [-0.3, -0.25) is 0 Å². The molecule has 146 valence electrons. The second-order valence-corrected chi connectivity index (χ2v) is 9.13. The van der Waals surface area contributed by atoms with Crippen LogP contribution < -0.4 is 0 Å². The van der Waals surface area contributed by atoms with Gasteiger partial charge < -0.3 is 14.4 Å². The number of hydrogen-bond donors (Lipinski definition) is 1. The van der Waals surface area contributed by atoms with Crippen molar-refractivity contribution >= 4 is 0 Å². The normalized spacial score (nSPS) is 24.9. The molecular weight excluding hydrogens is 338 g/mol. The molecule has 1 aromatic carbocycles. The van der Waals surface area contributed by atoms with Crippen LogP contribution >= 0.6 is 0 Å². The summed E-state index contributed by atoms with van der Waals surface area (Å²) in [5.41, 5.74) is 5.59. The van der Waals surface area contributed by atoms with E-state index in [0.717, 1.165) is 36.3 Å². The van der Waals surface area contributed by atoms with E-state index in [0.29, 0.717) is 12.5 Å². The van der Waals surface area contributed by atoms with Crippen molar-refractivity contribution in [2.24, 2.45) is 5.41 Å². The molecule has 1 N–H and O–H groups in total. The minimum absolute atomic E-state index is 0.0910. The Morgan fingerprint density at radius 2 is 1.85 bits per heavy atom. The quantitative estimate of drug-likeness (QED) is 0.778. The van der Waals surface area contributed by atoms with E-state index in [1.165, 1.54) is 29.5 Å². The lowest BCUT2D eigenvalue weighted by Crippen LogP contribution is -2.39. The molecule has 2 aliphatic rings.